The topological polar surface area (TPSA) is 15.3 Å². The van der Waals surface area contributed by atoms with Gasteiger partial charge in [0.25, 0.3) is 0 Å². The Hall–Kier alpha value is -1.00. The van der Waals surface area contributed by atoms with Crippen LogP contribution in [0.15, 0.2) is 0 Å². The van der Waals surface area contributed by atoms with Crippen molar-refractivity contribution < 1.29 is 8.78 Å². The SMILES string of the molecule is Cc1c(C)c(C)c([C@H](CC(F)F)N2CCNCC2)c(C)c1C. The van der Waals surface area contributed by atoms with Crippen LogP contribution in [-0.4, -0.2) is 37.5 Å². The van der Waals surface area contributed by atoms with Crippen LogP contribution in [0, 0.1) is 34.6 Å². The number of nitrogens with one attached hydrogen (secondary N) is 1. The fraction of sp³-hybridized carbons (Fsp3) is 0.667. The minimum Gasteiger partial charge on any atom is -0.314 e. The van der Waals surface area contributed by atoms with E-state index in [1.807, 2.05) is 0 Å². The zero-order valence-electron chi connectivity index (χ0n) is 14.4. The van der Waals surface area contributed by atoms with Crippen LogP contribution in [0.25, 0.3) is 0 Å². The van der Waals surface area contributed by atoms with Gasteiger partial charge in [-0.3, -0.25) is 4.90 Å². The summed E-state index contributed by atoms with van der Waals surface area (Å²) in [5.74, 6) is 0. The Morgan fingerprint density at radius 3 is 1.77 bits per heavy atom. The van der Waals surface area contributed by atoms with Crippen molar-refractivity contribution >= 4 is 0 Å². The van der Waals surface area contributed by atoms with Gasteiger partial charge in [0, 0.05) is 38.6 Å². The summed E-state index contributed by atoms with van der Waals surface area (Å²) in [5, 5.41) is 3.31. The monoisotopic (exact) mass is 310 g/mol. The smallest absolute Gasteiger partial charge is 0.240 e. The van der Waals surface area contributed by atoms with Gasteiger partial charge >= 0.3 is 0 Å². The van der Waals surface area contributed by atoms with Gasteiger partial charge in [-0.25, -0.2) is 8.78 Å². The van der Waals surface area contributed by atoms with Crippen molar-refractivity contribution in [2.24, 2.45) is 0 Å². The maximum atomic E-state index is 13.2. The number of halogens is 2. The largest absolute Gasteiger partial charge is 0.314 e. The summed E-state index contributed by atoms with van der Waals surface area (Å²) in [7, 11) is 0. The number of hydrogen-bond acceptors (Lipinski definition) is 2. The van der Waals surface area contributed by atoms with Crippen molar-refractivity contribution in [3.05, 3.63) is 33.4 Å². The fourth-order valence-electron chi connectivity index (χ4n) is 3.64. The van der Waals surface area contributed by atoms with Crippen LogP contribution in [0.1, 0.15) is 45.8 Å². The Morgan fingerprint density at radius 2 is 1.32 bits per heavy atom. The summed E-state index contributed by atoms with van der Waals surface area (Å²) in [6.45, 7) is 13.9. The number of nitrogens with zero attached hydrogens (tertiary/aromatic N) is 1. The predicted octanol–water partition coefficient (Wildman–Crippen LogP) is 3.83. The van der Waals surface area contributed by atoms with Gasteiger partial charge in [-0.1, -0.05) is 0 Å². The zero-order valence-corrected chi connectivity index (χ0v) is 14.4. The van der Waals surface area contributed by atoms with Gasteiger partial charge in [-0.2, -0.15) is 0 Å². The Kier molecular flexibility index (Phi) is 5.56. The molecule has 2 rings (SSSR count). The van der Waals surface area contributed by atoms with Crippen molar-refractivity contribution in [1.82, 2.24) is 10.2 Å². The van der Waals surface area contributed by atoms with E-state index in [9.17, 15) is 8.78 Å². The summed E-state index contributed by atoms with van der Waals surface area (Å²) in [6.07, 6.45) is -2.36. The third-order valence-corrected chi connectivity index (χ3v) is 5.39. The number of alkyl halides is 2. The number of benzene rings is 1. The van der Waals surface area contributed by atoms with E-state index in [1.54, 1.807) is 0 Å². The molecule has 1 aromatic carbocycles. The summed E-state index contributed by atoms with van der Waals surface area (Å²) in [4.78, 5) is 2.23. The summed E-state index contributed by atoms with van der Waals surface area (Å²) in [6, 6.07) is -0.180. The zero-order chi connectivity index (χ0) is 16.4. The molecule has 1 aromatic rings. The molecule has 1 fully saturated rings. The highest BCUT2D eigenvalue weighted by molar-refractivity contribution is 5.50. The first-order valence-corrected chi connectivity index (χ1v) is 8.14. The van der Waals surface area contributed by atoms with E-state index >= 15 is 0 Å². The van der Waals surface area contributed by atoms with Gasteiger partial charge in [0.05, 0.1) is 0 Å². The van der Waals surface area contributed by atoms with Gasteiger partial charge in [-0.05, 0) is 68.0 Å². The van der Waals surface area contributed by atoms with Crippen molar-refractivity contribution in [3.8, 4) is 0 Å². The molecule has 22 heavy (non-hydrogen) atoms. The first kappa shape index (κ1) is 17.4. The Bertz CT molecular complexity index is 505. The molecule has 1 aliphatic rings. The molecule has 0 amide bonds. The second-order valence-electron chi connectivity index (χ2n) is 6.47. The first-order chi connectivity index (χ1) is 10.3. The summed E-state index contributed by atoms with van der Waals surface area (Å²) < 4.78 is 26.5. The van der Waals surface area contributed by atoms with E-state index in [4.69, 9.17) is 0 Å². The Labute approximate surface area is 132 Å². The van der Waals surface area contributed by atoms with Crippen LogP contribution in [0.2, 0.25) is 0 Å². The van der Waals surface area contributed by atoms with Gasteiger partial charge in [-0.15, -0.1) is 0 Å². The van der Waals surface area contributed by atoms with Crippen molar-refractivity contribution in [2.75, 3.05) is 26.2 Å². The van der Waals surface area contributed by atoms with E-state index in [-0.39, 0.29) is 12.5 Å². The number of rotatable bonds is 4. The molecule has 0 bridgehead atoms. The minimum absolute atomic E-state index is 0.0797. The molecule has 0 spiro atoms. The van der Waals surface area contributed by atoms with Crippen LogP contribution in [0.4, 0.5) is 8.78 Å². The maximum Gasteiger partial charge on any atom is 0.240 e. The predicted molar refractivity (Wildman–Crippen MR) is 87.9 cm³/mol. The van der Waals surface area contributed by atoms with Crippen molar-refractivity contribution in [3.63, 3.8) is 0 Å². The average Bonchev–Trinajstić information content (AvgIpc) is 2.50. The van der Waals surface area contributed by atoms with Gasteiger partial charge in [0.2, 0.25) is 6.43 Å². The van der Waals surface area contributed by atoms with E-state index < -0.39 is 6.43 Å². The van der Waals surface area contributed by atoms with Crippen molar-refractivity contribution in [1.29, 1.82) is 0 Å². The van der Waals surface area contributed by atoms with E-state index in [0.717, 1.165) is 31.7 Å². The third kappa shape index (κ3) is 3.33. The molecule has 0 unspecified atom stereocenters. The highest BCUT2D eigenvalue weighted by Gasteiger charge is 2.29. The van der Waals surface area contributed by atoms with Crippen LogP contribution in [0.5, 0.6) is 0 Å². The Balaban J connectivity index is 2.51. The minimum atomic E-state index is -2.28. The molecule has 1 atom stereocenters. The van der Waals surface area contributed by atoms with Gasteiger partial charge in [0.15, 0.2) is 0 Å². The molecule has 0 saturated carbocycles. The van der Waals surface area contributed by atoms with Crippen LogP contribution in [0.3, 0.4) is 0 Å². The van der Waals surface area contributed by atoms with Gasteiger partial charge < -0.3 is 5.32 Å². The molecule has 0 aliphatic carbocycles. The molecule has 4 heteroatoms. The maximum absolute atomic E-state index is 13.2. The average molecular weight is 310 g/mol. The lowest BCUT2D eigenvalue weighted by atomic mass is 9.84. The molecular weight excluding hydrogens is 282 g/mol. The Morgan fingerprint density at radius 1 is 0.864 bits per heavy atom. The number of hydrogen-bond donors (Lipinski definition) is 1. The van der Waals surface area contributed by atoms with Crippen LogP contribution >= 0.6 is 0 Å². The highest BCUT2D eigenvalue weighted by Crippen LogP contribution is 2.36. The molecular formula is C18H28F2N2. The number of piperazine rings is 1. The molecule has 1 saturated heterocycles. The quantitative estimate of drug-likeness (QED) is 0.909. The van der Waals surface area contributed by atoms with Crippen molar-refractivity contribution in [2.45, 2.75) is 53.5 Å². The molecule has 124 valence electrons. The molecule has 1 N–H and O–H groups in total. The van der Waals surface area contributed by atoms with Crippen LogP contribution < -0.4 is 5.32 Å². The molecule has 1 aliphatic heterocycles. The molecule has 0 radical (unpaired) electrons. The second-order valence-corrected chi connectivity index (χ2v) is 6.47. The molecule has 2 nitrogen and oxygen atoms in total. The molecule has 0 aromatic heterocycles. The van der Waals surface area contributed by atoms with E-state index in [2.05, 4.69) is 44.8 Å². The third-order valence-electron chi connectivity index (χ3n) is 5.39. The summed E-state index contributed by atoms with van der Waals surface area (Å²) in [5.41, 5.74) is 7.27. The van der Waals surface area contributed by atoms with E-state index in [0.29, 0.717) is 0 Å². The first-order valence-electron chi connectivity index (χ1n) is 8.14. The fourth-order valence-corrected chi connectivity index (χ4v) is 3.64. The summed E-state index contributed by atoms with van der Waals surface area (Å²) >= 11 is 0. The lowest BCUT2D eigenvalue weighted by molar-refractivity contribution is 0.0734. The molecule has 1 heterocycles. The highest BCUT2D eigenvalue weighted by atomic mass is 19.3. The van der Waals surface area contributed by atoms with Crippen LogP contribution in [-0.2, 0) is 0 Å². The normalized spacial score (nSPS) is 18.0. The lowest BCUT2D eigenvalue weighted by Crippen LogP contribution is -2.46. The lowest BCUT2D eigenvalue weighted by Gasteiger charge is -2.37. The second kappa shape index (κ2) is 7.05. The standard InChI is InChI=1S/C18H28F2N2/c1-11-12(2)14(4)18(15(5)13(11)3)16(10-17(19)20)22-8-6-21-7-9-22/h16-17,21H,6-10H2,1-5H3/t16-/m0/s1. The van der Waals surface area contributed by atoms with E-state index in [1.165, 1.54) is 27.8 Å². The van der Waals surface area contributed by atoms with Gasteiger partial charge in [0.1, 0.15) is 0 Å².